The van der Waals surface area contributed by atoms with Crippen LogP contribution in [0.2, 0.25) is 0 Å². The number of esters is 5. The second-order valence-electron chi connectivity index (χ2n) is 16.5. The van der Waals surface area contributed by atoms with E-state index in [-0.39, 0.29) is 47.0 Å². The molecule has 1 aromatic heterocycles. The summed E-state index contributed by atoms with van der Waals surface area (Å²) >= 11 is 0. The van der Waals surface area contributed by atoms with Gasteiger partial charge in [-0.25, -0.2) is 4.68 Å². The van der Waals surface area contributed by atoms with Crippen LogP contribution < -0.4 is 0 Å². The summed E-state index contributed by atoms with van der Waals surface area (Å²) in [6.45, 7) is 10.6. The van der Waals surface area contributed by atoms with Gasteiger partial charge in [-0.05, 0) is 74.5 Å². The summed E-state index contributed by atoms with van der Waals surface area (Å²) in [5.74, 6) is -2.25. The fourth-order valence-corrected chi connectivity index (χ4v) is 11.0. The molecule has 1 aromatic rings. The lowest BCUT2D eigenvalue weighted by molar-refractivity contribution is -0.270. The van der Waals surface area contributed by atoms with Gasteiger partial charge in [0.2, 0.25) is 0 Å². The molecule has 1 aliphatic heterocycles. The summed E-state index contributed by atoms with van der Waals surface area (Å²) < 4.78 is 35.1. The van der Waals surface area contributed by atoms with Crippen molar-refractivity contribution in [2.75, 3.05) is 6.61 Å². The van der Waals surface area contributed by atoms with E-state index in [0.29, 0.717) is 24.5 Å². The fraction of sp³-hybridized carbons (Fsp3) is 0.784. The van der Waals surface area contributed by atoms with Crippen molar-refractivity contribution in [2.24, 2.45) is 33.5 Å². The van der Waals surface area contributed by atoms with E-state index < -0.39 is 59.9 Å². The molecule has 6 rings (SSSR count). The number of rotatable bonds is 9. The van der Waals surface area contributed by atoms with Gasteiger partial charge in [0.25, 0.3) is 0 Å². The van der Waals surface area contributed by atoms with E-state index in [1.807, 2.05) is 6.92 Å². The summed E-state index contributed by atoms with van der Waals surface area (Å²) in [6, 6.07) is 0. The van der Waals surface area contributed by atoms with E-state index in [1.54, 1.807) is 0 Å². The Morgan fingerprint density at radius 3 is 2.15 bits per heavy atom. The zero-order chi connectivity index (χ0) is 37.8. The van der Waals surface area contributed by atoms with Crippen LogP contribution in [-0.4, -0.2) is 81.6 Å². The highest BCUT2D eigenvalue weighted by Crippen LogP contribution is 2.73. The minimum atomic E-state index is -1.37. The maximum atomic E-state index is 14.1. The van der Waals surface area contributed by atoms with Gasteiger partial charge in [0.15, 0.2) is 24.5 Å². The number of carbonyl (C=O) groups excluding carboxylic acids is 6. The van der Waals surface area contributed by atoms with E-state index in [0.717, 1.165) is 65.7 Å². The molecule has 0 unspecified atom stereocenters. The third-order valence-corrected chi connectivity index (χ3v) is 13.0. The number of fused-ring (bicyclic) bond motifs is 3. The maximum Gasteiger partial charge on any atom is 0.312 e. The Balaban J connectivity index is 1.20. The molecule has 11 atom stereocenters. The monoisotopic (exact) mass is 729 g/mol. The van der Waals surface area contributed by atoms with Gasteiger partial charge in [-0.3, -0.25) is 28.8 Å². The highest BCUT2D eigenvalue weighted by atomic mass is 16.7. The first-order valence-electron chi connectivity index (χ1n) is 18.3. The zero-order valence-corrected chi connectivity index (χ0v) is 31.1. The van der Waals surface area contributed by atoms with Gasteiger partial charge in [0.1, 0.15) is 30.8 Å². The Morgan fingerprint density at radius 1 is 0.827 bits per heavy atom. The highest BCUT2D eigenvalue weighted by molar-refractivity contribution is 5.88. The minimum absolute atomic E-state index is 0.0328. The number of Topliss-reactive ketones (excluding diaryl/α,β-unsaturated/α-hetero) is 1. The first kappa shape index (κ1) is 37.9. The lowest BCUT2D eigenvalue weighted by Gasteiger charge is -2.63. The molecule has 0 aromatic carbocycles. The lowest BCUT2D eigenvalue weighted by Crippen LogP contribution is -2.60. The van der Waals surface area contributed by atoms with E-state index in [9.17, 15) is 28.8 Å². The third kappa shape index (κ3) is 6.73. The molecular formula is C37H51N3O12. The highest BCUT2D eigenvalue weighted by Gasteiger charge is 2.68. The van der Waals surface area contributed by atoms with Crippen molar-refractivity contribution < 1.29 is 57.2 Å². The van der Waals surface area contributed by atoms with Crippen LogP contribution in [0.5, 0.6) is 0 Å². The molecule has 0 N–H and O–H groups in total. The van der Waals surface area contributed by atoms with Crippen LogP contribution in [0.15, 0.2) is 6.20 Å². The number of hydrogen-bond acceptors (Lipinski definition) is 14. The summed E-state index contributed by atoms with van der Waals surface area (Å²) in [5, 5.41) is 8.35. The van der Waals surface area contributed by atoms with Gasteiger partial charge in [-0.1, -0.05) is 25.5 Å². The molecule has 5 fully saturated rings. The molecule has 15 nitrogen and oxygen atoms in total. The van der Waals surface area contributed by atoms with Crippen molar-refractivity contribution in [3.8, 4) is 0 Å². The Labute approximate surface area is 303 Å². The Morgan fingerprint density at radius 2 is 1.48 bits per heavy atom. The average Bonchev–Trinajstić information content (AvgIpc) is 3.58. The summed E-state index contributed by atoms with van der Waals surface area (Å²) in [7, 11) is 0. The molecule has 0 radical (unpaired) electrons. The number of ether oxygens (including phenoxy) is 6. The van der Waals surface area contributed by atoms with E-state index in [4.69, 9.17) is 28.4 Å². The smallest absolute Gasteiger partial charge is 0.312 e. The minimum Gasteiger partial charge on any atom is -0.463 e. The molecule has 52 heavy (non-hydrogen) atoms. The number of carbonyl (C=O) groups is 6. The number of ketones is 1. The number of aromatic nitrogens is 3. The van der Waals surface area contributed by atoms with Crippen LogP contribution in [0.1, 0.15) is 118 Å². The zero-order valence-electron chi connectivity index (χ0n) is 31.1. The maximum absolute atomic E-state index is 14.1. The van der Waals surface area contributed by atoms with Crippen LogP contribution >= 0.6 is 0 Å². The van der Waals surface area contributed by atoms with Crippen molar-refractivity contribution >= 4 is 35.6 Å². The molecule has 1 saturated heterocycles. The second kappa shape index (κ2) is 13.8. The predicted octanol–water partition coefficient (Wildman–Crippen LogP) is 3.95. The van der Waals surface area contributed by atoms with Crippen LogP contribution in [0, 0.1) is 33.5 Å². The van der Waals surface area contributed by atoms with Crippen LogP contribution in [0.25, 0.3) is 0 Å². The number of hydrogen-bond donors (Lipinski definition) is 0. The summed E-state index contributed by atoms with van der Waals surface area (Å²) in [6.07, 6.45) is 3.00. The van der Waals surface area contributed by atoms with Gasteiger partial charge in [-0.2, -0.15) is 0 Å². The van der Waals surface area contributed by atoms with Crippen molar-refractivity contribution in [3.63, 3.8) is 0 Å². The normalized spacial score (nSPS) is 39.4. The molecule has 4 aliphatic carbocycles. The number of nitrogens with zero attached hydrogens (tertiary/aromatic N) is 3. The summed E-state index contributed by atoms with van der Waals surface area (Å²) in [5.41, 5.74) is -0.682. The third-order valence-electron chi connectivity index (χ3n) is 13.0. The Kier molecular flexibility index (Phi) is 10.1. The van der Waals surface area contributed by atoms with Gasteiger partial charge in [0, 0.05) is 39.5 Å². The van der Waals surface area contributed by atoms with Gasteiger partial charge >= 0.3 is 29.8 Å². The van der Waals surface area contributed by atoms with E-state index in [2.05, 4.69) is 24.2 Å². The van der Waals surface area contributed by atoms with Crippen LogP contribution in [-0.2, 0) is 63.8 Å². The summed E-state index contributed by atoms with van der Waals surface area (Å²) in [4.78, 5) is 75.4. The fourth-order valence-electron chi connectivity index (χ4n) is 11.0. The quantitative estimate of drug-likeness (QED) is 0.262. The molecule has 5 aliphatic rings. The van der Waals surface area contributed by atoms with Crippen molar-refractivity contribution in [1.29, 1.82) is 0 Å². The second-order valence-corrected chi connectivity index (χ2v) is 16.5. The van der Waals surface area contributed by atoms with Crippen molar-refractivity contribution in [1.82, 2.24) is 15.0 Å². The SMILES string of the molecule is CC(=O)OC[C@H]1O[C@@H](n2cc(COC(=O)[C@]3(C)CCC[C@@]4(C)[C@@H]5CC[C@@]6(C)C[C@]5(CC[C@@H]43)CC6=O)nn2)[C@H](OC(C)=O)[C@@H](OC(C)=O)[C@H]1OC(C)=O. The molecule has 286 valence electrons. The van der Waals surface area contributed by atoms with Crippen LogP contribution in [0.3, 0.4) is 0 Å². The molecular weight excluding hydrogens is 678 g/mol. The topological polar surface area (TPSA) is 189 Å². The molecule has 2 bridgehead atoms. The molecule has 1 spiro atoms. The predicted molar refractivity (Wildman–Crippen MR) is 177 cm³/mol. The molecule has 15 heteroatoms. The first-order chi connectivity index (χ1) is 24.4. The van der Waals surface area contributed by atoms with Crippen LogP contribution in [0.4, 0.5) is 0 Å². The molecule has 2 heterocycles. The first-order valence-corrected chi connectivity index (χ1v) is 18.3. The standard InChI is InChI=1S/C37H51N3O12/c1-20(41)47-18-25-29(49-21(2)42)30(50-22(3)43)31(51-23(4)44)32(52-25)40-16-24(38-39-40)17-48-33(46)36(7)12-8-11-35(6)26(36)10-14-37-15-28(45)34(5,19-37)13-9-27(35)37/h16,25-27,29-32H,8-15,17-19H2,1-7H3/t25-,26+,27+,29+,30+,31-,32-,34+,35-,36-,37+/m1/s1. The van der Waals surface area contributed by atoms with Gasteiger partial charge in [0.05, 0.1) is 11.6 Å². The Hall–Kier alpha value is -3.88. The Bertz CT molecular complexity index is 1630. The average molecular weight is 730 g/mol. The lowest BCUT2D eigenvalue weighted by atomic mass is 9.40. The van der Waals surface area contributed by atoms with Gasteiger partial charge < -0.3 is 28.4 Å². The molecule has 0 amide bonds. The largest absolute Gasteiger partial charge is 0.463 e. The van der Waals surface area contributed by atoms with E-state index >= 15 is 0 Å². The van der Waals surface area contributed by atoms with Gasteiger partial charge in [-0.15, -0.1) is 5.10 Å². The van der Waals surface area contributed by atoms with E-state index in [1.165, 1.54) is 17.8 Å². The molecule has 4 saturated carbocycles. The van der Waals surface area contributed by atoms with Crippen molar-refractivity contribution in [2.45, 2.75) is 144 Å². The van der Waals surface area contributed by atoms with Crippen molar-refractivity contribution in [3.05, 3.63) is 11.9 Å².